The standard InChI is InChI=1S/C16H21N3O/c1-20-12-4-5-14-13(11-12)18-16(6-8-17-9-7-16)15-3-2-10-19(14)15/h2-3,5,10-12,17-18H,4,6-9H2,1H3. The monoisotopic (exact) mass is 271 g/mol. The van der Waals surface area contributed by atoms with Crippen LogP contribution in [0.15, 0.2) is 36.2 Å². The van der Waals surface area contributed by atoms with E-state index >= 15 is 0 Å². The van der Waals surface area contributed by atoms with E-state index in [4.69, 9.17) is 4.74 Å². The summed E-state index contributed by atoms with van der Waals surface area (Å²) in [6, 6.07) is 4.42. The van der Waals surface area contributed by atoms with Crippen LogP contribution in [-0.2, 0) is 10.3 Å². The Balaban J connectivity index is 1.82. The highest BCUT2D eigenvalue weighted by molar-refractivity contribution is 5.69. The zero-order valence-corrected chi connectivity index (χ0v) is 11.9. The molecule has 106 valence electrons. The average Bonchev–Trinajstić information content (AvgIpc) is 2.98. The van der Waals surface area contributed by atoms with E-state index in [2.05, 4.69) is 45.7 Å². The third kappa shape index (κ3) is 1.68. The number of nitrogens with one attached hydrogen (secondary N) is 2. The van der Waals surface area contributed by atoms with Crippen LogP contribution in [0, 0.1) is 0 Å². The quantitative estimate of drug-likeness (QED) is 0.818. The van der Waals surface area contributed by atoms with E-state index in [1.54, 1.807) is 7.11 Å². The molecule has 2 N–H and O–H groups in total. The van der Waals surface area contributed by atoms with Gasteiger partial charge in [-0.1, -0.05) is 6.08 Å². The highest BCUT2D eigenvalue weighted by Crippen LogP contribution is 2.40. The van der Waals surface area contributed by atoms with E-state index in [9.17, 15) is 0 Å². The first-order valence-electron chi connectivity index (χ1n) is 7.45. The van der Waals surface area contributed by atoms with E-state index in [1.807, 2.05) is 0 Å². The number of hydrogen-bond acceptors (Lipinski definition) is 3. The molecule has 2 aliphatic heterocycles. The fourth-order valence-electron chi connectivity index (χ4n) is 3.71. The second kappa shape index (κ2) is 4.50. The van der Waals surface area contributed by atoms with Crippen molar-refractivity contribution in [1.82, 2.24) is 15.2 Å². The molecule has 1 aromatic rings. The number of fused-ring (bicyclic) bond motifs is 4. The smallest absolute Gasteiger partial charge is 0.0810 e. The Hall–Kier alpha value is -1.52. The summed E-state index contributed by atoms with van der Waals surface area (Å²) in [5, 5.41) is 7.29. The molecule has 0 aromatic carbocycles. The Morgan fingerprint density at radius 1 is 1.35 bits per heavy atom. The van der Waals surface area contributed by atoms with Crippen LogP contribution in [0.1, 0.15) is 25.0 Å². The molecule has 1 aromatic heterocycles. The van der Waals surface area contributed by atoms with Gasteiger partial charge >= 0.3 is 0 Å². The number of allylic oxidation sites excluding steroid dienone is 1. The van der Waals surface area contributed by atoms with Crippen molar-refractivity contribution < 1.29 is 4.74 Å². The topological polar surface area (TPSA) is 38.2 Å². The van der Waals surface area contributed by atoms with Gasteiger partial charge in [0, 0.05) is 19.0 Å². The molecule has 1 fully saturated rings. The lowest BCUT2D eigenvalue weighted by Gasteiger charge is -2.45. The molecule has 0 amide bonds. The molecular formula is C16H21N3O. The minimum Gasteiger partial charge on any atom is -0.377 e. The van der Waals surface area contributed by atoms with E-state index in [1.165, 1.54) is 17.1 Å². The minimum absolute atomic E-state index is 0.0769. The summed E-state index contributed by atoms with van der Waals surface area (Å²) in [5.74, 6) is 0. The van der Waals surface area contributed by atoms with Crippen molar-refractivity contribution in [3.63, 3.8) is 0 Å². The molecule has 1 spiro atoms. The number of nitrogens with zero attached hydrogens (tertiary/aromatic N) is 1. The van der Waals surface area contributed by atoms with Gasteiger partial charge in [-0.3, -0.25) is 0 Å². The van der Waals surface area contributed by atoms with Gasteiger partial charge in [0.25, 0.3) is 0 Å². The SMILES string of the molecule is COC1C=C2NC3(CCNCC3)c3cccn3C2=CC1. The third-order valence-corrected chi connectivity index (χ3v) is 4.80. The van der Waals surface area contributed by atoms with E-state index in [-0.39, 0.29) is 11.6 Å². The first-order valence-corrected chi connectivity index (χ1v) is 7.45. The molecule has 20 heavy (non-hydrogen) atoms. The number of ether oxygens (including phenoxy) is 1. The van der Waals surface area contributed by atoms with Crippen molar-refractivity contribution in [2.24, 2.45) is 0 Å². The van der Waals surface area contributed by atoms with Crippen LogP contribution < -0.4 is 10.6 Å². The van der Waals surface area contributed by atoms with Gasteiger partial charge in [-0.25, -0.2) is 0 Å². The summed E-state index contributed by atoms with van der Waals surface area (Å²) in [5.41, 5.74) is 3.99. The molecule has 1 unspecified atom stereocenters. The van der Waals surface area contributed by atoms with Crippen molar-refractivity contribution in [1.29, 1.82) is 0 Å². The predicted molar refractivity (Wildman–Crippen MR) is 79.1 cm³/mol. The summed E-state index contributed by atoms with van der Waals surface area (Å²) in [6.45, 7) is 2.14. The molecule has 0 saturated carbocycles. The van der Waals surface area contributed by atoms with Gasteiger partial charge in [-0.15, -0.1) is 0 Å². The molecule has 4 rings (SSSR count). The van der Waals surface area contributed by atoms with Gasteiger partial charge in [-0.05, 0) is 50.6 Å². The van der Waals surface area contributed by atoms with Crippen LogP contribution in [0.4, 0.5) is 0 Å². The van der Waals surface area contributed by atoms with Crippen molar-refractivity contribution >= 4 is 5.70 Å². The van der Waals surface area contributed by atoms with Crippen LogP contribution in [0.25, 0.3) is 5.70 Å². The third-order valence-electron chi connectivity index (χ3n) is 4.80. The Bertz CT molecular complexity index is 578. The first-order chi connectivity index (χ1) is 9.82. The summed E-state index contributed by atoms with van der Waals surface area (Å²) >= 11 is 0. The summed E-state index contributed by atoms with van der Waals surface area (Å²) in [4.78, 5) is 0. The second-order valence-corrected chi connectivity index (χ2v) is 5.90. The van der Waals surface area contributed by atoms with Crippen molar-refractivity contribution in [3.05, 3.63) is 41.9 Å². The fraction of sp³-hybridized carbons (Fsp3) is 0.500. The maximum atomic E-state index is 5.50. The normalized spacial score (nSPS) is 27.1. The maximum absolute atomic E-state index is 5.50. The Kier molecular flexibility index (Phi) is 2.75. The number of hydrogen-bond donors (Lipinski definition) is 2. The van der Waals surface area contributed by atoms with Crippen LogP contribution in [-0.4, -0.2) is 30.9 Å². The van der Waals surface area contributed by atoms with Crippen molar-refractivity contribution in [2.45, 2.75) is 30.9 Å². The molecular weight excluding hydrogens is 250 g/mol. The van der Waals surface area contributed by atoms with Gasteiger partial charge < -0.3 is 19.9 Å². The van der Waals surface area contributed by atoms with Crippen LogP contribution in [0.5, 0.6) is 0 Å². The molecule has 1 saturated heterocycles. The number of rotatable bonds is 1. The zero-order valence-electron chi connectivity index (χ0n) is 11.9. The summed E-state index contributed by atoms with van der Waals surface area (Å²) in [6.07, 6.45) is 10.1. The number of methoxy groups -OCH3 is 1. The van der Waals surface area contributed by atoms with Gasteiger partial charge in [-0.2, -0.15) is 0 Å². The summed E-state index contributed by atoms with van der Waals surface area (Å²) < 4.78 is 7.86. The largest absolute Gasteiger partial charge is 0.377 e. The zero-order chi connectivity index (χ0) is 13.6. The molecule has 1 atom stereocenters. The highest BCUT2D eigenvalue weighted by atomic mass is 16.5. The lowest BCUT2D eigenvalue weighted by Crippen LogP contribution is -2.53. The molecule has 0 bridgehead atoms. The highest BCUT2D eigenvalue weighted by Gasteiger charge is 2.41. The van der Waals surface area contributed by atoms with Gasteiger partial charge in [0.1, 0.15) is 0 Å². The lowest BCUT2D eigenvalue weighted by molar-refractivity contribution is 0.140. The predicted octanol–water partition coefficient (Wildman–Crippen LogP) is 1.81. The molecule has 4 heteroatoms. The maximum Gasteiger partial charge on any atom is 0.0810 e. The average molecular weight is 271 g/mol. The molecule has 3 aliphatic rings. The van der Waals surface area contributed by atoms with Gasteiger partial charge in [0.05, 0.1) is 23.0 Å². The van der Waals surface area contributed by atoms with Crippen molar-refractivity contribution in [2.75, 3.05) is 20.2 Å². The number of piperidine rings is 1. The Morgan fingerprint density at radius 3 is 3.00 bits per heavy atom. The van der Waals surface area contributed by atoms with Crippen LogP contribution in [0.2, 0.25) is 0 Å². The second-order valence-electron chi connectivity index (χ2n) is 5.90. The number of aromatic nitrogens is 1. The lowest BCUT2D eigenvalue weighted by atomic mass is 9.82. The minimum atomic E-state index is 0.0769. The molecule has 4 nitrogen and oxygen atoms in total. The Labute approximate surface area is 119 Å². The van der Waals surface area contributed by atoms with E-state index in [0.717, 1.165) is 32.4 Å². The van der Waals surface area contributed by atoms with Crippen LogP contribution in [0.3, 0.4) is 0 Å². The Morgan fingerprint density at radius 2 is 2.20 bits per heavy atom. The molecule has 1 aliphatic carbocycles. The van der Waals surface area contributed by atoms with E-state index in [0.29, 0.717) is 0 Å². The molecule has 3 heterocycles. The van der Waals surface area contributed by atoms with E-state index < -0.39 is 0 Å². The van der Waals surface area contributed by atoms with Crippen LogP contribution >= 0.6 is 0 Å². The fourth-order valence-corrected chi connectivity index (χ4v) is 3.71. The van der Waals surface area contributed by atoms with Gasteiger partial charge in [0.15, 0.2) is 0 Å². The van der Waals surface area contributed by atoms with Gasteiger partial charge in [0.2, 0.25) is 0 Å². The summed E-state index contributed by atoms with van der Waals surface area (Å²) in [7, 11) is 1.78. The first kappa shape index (κ1) is 12.2. The molecule has 0 radical (unpaired) electrons. The van der Waals surface area contributed by atoms with Crippen molar-refractivity contribution in [3.8, 4) is 0 Å².